The average molecular weight is 276 g/mol. The van der Waals surface area contributed by atoms with Crippen molar-refractivity contribution >= 4 is 35.0 Å². The van der Waals surface area contributed by atoms with E-state index in [1.54, 1.807) is 13.8 Å². The highest BCUT2D eigenvalue weighted by atomic mass is 35.5. The van der Waals surface area contributed by atoms with Crippen LogP contribution in [0.25, 0.3) is 0 Å². The Morgan fingerprint density at radius 2 is 2.18 bits per heavy atom. The van der Waals surface area contributed by atoms with Crippen LogP contribution in [0.2, 0.25) is 5.02 Å². The first kappa shape index (κ1) is 13.8. The Kier molecular flexibility index (Phi) is 4.36. The molecule has 7 heteroatoms. The fourth-order valence-electron chi connectivity index (χ4n) is 1.16. The second kappa shape index (κ2) is 5.37. The van der Waals surface area contributed by atoms with Gasteiger partial charge in [0.15, 0.2) is 0 Å². The fraction of sp³-hybridized carbons (Fsp3) is 0.300. The molecule has 0 heterocycles. The highest BCUT2D eigenvalue weighted by Crippen LogP contribution is 2.34. The van der Waals surface area contributed by atoms with E-state index in [1.807, 2.05) is 0 Å². The number of carboxylic acids is 1. The second-order valence-corrected chi connectivity index (χ2v) is 5.21. The lowest BCUT2D eigenvalue weighted by molar-refractivity contribution is -0.384. The van der Waals surface area contributed by atoms with Crippen LogP contribution in [0.15, 0.2) is 17.0 Å². The highest BCUT2D eigenvalue weighted by molar-refractivity contribution is 8.00. The number of hydrogen-bond donors (Lipinski definition) is 1. The second-order valence-electron chi connectivity index (χ2n) is 3.42. The minimum absolute atomic E-state index is 0.0145. The van der Waals surface area contributed by atoms with Crippen molar-refractivity contribution in [2.45, 2.75) is 24.0 Å². The van der Waals surface area contributed by atoms with Crippen LogP contribution in [-0.2, 0) is 4.79 Å². The number of aliphatic carboxylic acids is 1. The monoisotopic (exact) mass is 275 g/mol. The van der Waals surface area contributed by atoms with Gasteiger partial charge in [-0.25, -0.2) is 0 Å². The van der Waals surface area contributed by atoms with Crippen LogP contribution >= 0.6 is 23.4 Å². The number of rotatable bonds is 4. The van der Waals surface area contributed by atoms with Gasteiger partial charge in [-0.05, 0) is 25.5 Å². The number of hydrogen-bond acceptors (Lipinski definition) is 4. The molecular weight excluding hydrogens is 266 g/mol. The van der Waals surface area contributed by atoms with Crippen molar-refractivity contribution < 1.29 is 14.8 Å². The Labute approximate surface area is 107 Å². The number of carboxylic acid groups (broad SMARTS) is 1. The maximum absolute atomic E-state index is 10.7. The zero-order chi connectivity index (χ0) is 13.2. The fourth-order valence-corrected chi connectivity index (χ4v) is 2.37. The third-order valence-electron chi connectivity index (χ3n) is 2.09. The molecule has 0 aliphatic rings. The van der Waals surface area contributed by atoms with Gasteiger partial charge in [0, 0.05) is 11.0 Å². The number of nitro benzene ring substituents is 1. The van der Waals surface area contributed by atoms with Crippen LogP contribution in [0.3, 0.4) is 0 Å². The number of benzene rings is 1. The molecule has 17 heavy (non-hydrogen) atoms. The van der Waals surface area contributed by atoms with E-state index in [2.05, 4.69) is 0 Å². The van der Waals surface area contributed by atoms with Crippen molar-refractivity contribution in [1.29, 1.82) is 0 Å². The summed E-state index contributed by atoms with van der Waals surface area (Å²) in [5, 5.41) is 18.8. The molecule has 0 aliphatic heterocycles. The zero-order valence-corrected chi connectivity index (χ0v) is 10.7. The summed E-state index contributed by atoms with van der Waals surface area (Å²) in [6, 6.07) is 2.78. The molecule has 1 atom stereocenters. The minimum Gasteiger partial charge on any atom is -0.480 e. The van der Waals surface area contributed by atoms with Gasteiger partial charge in [-0.1, -0.05) is 11.6 Å². The summed E-state index contributed by atoms with van der Waals surface area (Å²) in [7, 11) is 0. The van der Waals surface area contributed by atoms with E-state index < -0.39 is 16.1 Å². The van der Waals surface area contributed by atoms with Crippen LogP contribution in [0.1, 0.15) is 12.5 Å². The van der Waals surface area contributed by atoms with Crippen molar-refractivity contribution in [3.05, 3.63) is 32.8 Å². The van der Waals surface area contributed by atoms with E-state index in [0.717, 1.165) is 11.8 Å². The molecule has 1 rings (SSSR count). The number of carbonyl (C=O) groups is 1. The van der Waals surface area contributed by atoms with Crippen molar-refractivity contribution in [2.75, 3.05) is 0 Å². The van der Waals surface area contributed by atoms with Crippen LogP contribution < -0.4 is 0 Å². The van der Waals surface area contributed by atoms with E-state index in [4.69, 9.17) is 16.7 Å². The van der Waals surface area contributed by atoms with Crippen LogP contribution in [0, 0.1) is 17.0 Å². The molecule has 0 amide bonds. The lowest BCUT2D eigenvalue weighted by Crippen LogP contribution is -2.11. The lowest BCUT2D eigenvalue weighted by atomic mass is 10.2. The number of thioether (sulfide) groups is 1. The molecule has 1 aromatic carbocycles. The van der Waals surface area contributed by atoms with Gasteiger partial charge in [0.25, 0.3) is 5.69 Å². The third-order valence-corrected chi connectivity index (χ3v) is 3.64. The predicted molar refractivity (Wildman–Crippen MR) is 65.8 cm³/mol. The summed E-state index contributed by atoms with van der Waals surface area (Å²) in [6.45, 7) is 3.22. The molecule has 0 aliphatic carbocycles. The number of nitrogens with zero attached hydrogens (tertiary/aromatic N) is 1. The molecule has 0 radical (unpaired) electrons. The summed E-state index contributed by atoms with van der Waals surface area (Å²) < 4.78 is 0. The molecule has 1 aromatic rings. The largest absolute Gasteiger partial charge is 0.480 e. The van der Waals surface area contributed by atoms with E-state index in [-0.39, 0.29) is 10.7 Å². The van der Waals surface area contributed by atoms with E-state index in [9.17, 15) is 14.9 Å². The van der Waals surface area contributed by atoms with Crippen molar-refractivity contribution in [1.82, 2.24) is 0 Å². The molecule has 5 nitrogen and oxygen atoms in total. The Bertz CT molecular complexity index is 478. The quantitative estimate of drug-likeness (QED) is 0.519. The Balaban J connectivity index is 3.08. The van der Waals surface area contributed by atoms with Crippen LogP contribution in [0.5, 0.6) is 0 Å². The molecule has 1 unspecified atom stereocenters. The molecule has 0 saturated heterocycles. The molecule has 0 aromatic heterocycles. The molecule has 0 fully saturated rings. The third kappa shape index (κ3) is 3.34. The predicted octanol–water partition coefficient (Wildman–Crippen LogP) is 3.12. The van der Waals surface area contributed by atoms with Crippen molar-refractivity contribution in [2.24, 2.45) is 0 Å². The van der Waals surface area contributed by atoms with E-state index in [1.165, 1.54) is 12.1 Å². The van der Waals surface area contributed by atoms with Gasteiger partial charge in [0.1, 0.15) is 10.3 Å². The Morgan fingerprint density at radius 3 is 2.65 bits per heavy atom. The number of nitro groups is 1. The van der Waals surface area contributed by atoms with Gasteiger partial charge in [0.2, 0.25) is 0 Å². The summed E-state index contributed by atoms with van der Waals surface area (Å²) in [5.74, 6) is -0.941. The molecule has 0 saturated carbocycles. The van der Waals surface area contributed by atoms with Crippen LogP contribution in [-0.4, -0.2) is 21.2 Å². The summed E-state index contributed by atoms with van der Waals surface area (Å²) >= 11 is 6.86. The highest BCUT2D eigenvalue weighted by Gasteiger charge is 2.18. The van der Waals surface area contributed by atoms with Crippen LogP contribution in [0.4, 0.5) is 5.69 Å². The molecule has 1 N–H and O–H groups in total. The molecule has 92 valence electrons. The van der Waals surface area contributed by atoms with E-state index >= 15 is 0 Å². The first-order valence-electron chi connectivity index (χ1n) is 4.67. The first-order valence-corrected chi connectivity index (χ1v) is 5.92. The lowest BCUT2D eigenvalue weighted by Gasteiger charge is -2.09. The van der Waals surface area contributed by atoms with Gasteiger partial charge in [-0.15, -0.1) is 11.8 Å². The smallest absolute Gasteiger partial charge is 0.316 e. The van der Waals surface area contributed by atoms with E-state index in [0.29, 0.717) is 10.5 Å². The standard InChI is InChI=1S/C10H10ClNO4S/c1-5-3-8(12(15)16)7(11)4-9(5)17-6(2)10(13)14/h3-4,6H,1-2H3,(H,13,14). The molecule has 0 spiro atoms. The van der Waals surface area contributed by atoms with Crippen molar-refractivity contribution in [3.63, 3.8) is 0 Å². The first-order chi connectivity index (χ1) is 7.82. The topological polar surface area (TPSA) is 80.4 Å². The summed E-state index contributed by atoms with van der Waals surface area (Å²) in [4.78, 5) is 21.4. The maximum Gasteiger partial charge on any atom is 0.316 e. The normalized spacial score (nSPS) is 12.2. The SMILES string of the molecule is Cc1cc([N+](=O)[O-])c(Cl)cc1SC(C)C(=O)O. The Morgan fingerprint density at radius 1 is 1.59 bits per heavy atom. The van der Waals surface area contributed by atoms with Gasteiger partial charge >= 0.3 is 5.97 Å². The molecular formula is C10H10ClNO4S. The van der Waals surface area contributed by atoms with Gasteiger partial charge in [-0.3, -0.25) is 14.9 Å². The maximum atomic E-state index is 10.7. The van der Waals surface area contributed by atoms with Crippen molar-refractivity contribution in [3.8, 4) is 0 Å². The Hall–Kier alpha value is -1.27. The average Bonchev–Trinajstić information content (AvgIpc) is 2.22. The number of halogens is 1. The van der Waals surface area contributed by atoms with Gasteiger partial charge in [-0.2, -0.15) is 0 Å². The van der Waals surface area contributed by atoms with Gasteiger partial charge in [0.05, 0.1) is 4.92 Å². The van der Waals surface area contributed by atoms with Gasteiger partial charge < -0.3 is 5.11 Å². The summed E-state index contributed by atoms with van der Waals surface area (Å²) in [6.07, 6.45) is 0. The zero-order valence-electron chi connectivity index (χ0n) is 9.14. The molecule has 0 bridgehead atoms. The minimum atomic E-state index is -0.941. The number of aryl methyl sites for hydroxylation is 1. The summed E-state index contributed by atoms with van der Waals surface area (Å²) in [5.41, 5.74) is 0.468.